The Morgan fingerprint density at radius 1 is 1.53 bits per heavy atom. The number of hydrogen-bond donors (Lipinski definition) is 2. The Morgan fingerprint density at radius 2 is 2.33 bits per heavy atom. The molecule has 4 heteroatoms. The van der Waals surface area contributed by atoms with Gasteiger partial charge >= 0.3 is 5.97 Å². The molecular formula is C11H12O3S. The van der Waals surface area contributed by atoms with Crippen LogP contribution >= 0.6 is 11.8 Å². The van der Waals surface area contributed by atoms with E-state index in [0.29, 0.717) is 17.4 Å². The third-order valence-electron chi connectivity index (χ3n) is 2.51. The molecule has 1 aromatic carbocycles. The van der Waals surface area contributed by atoms with Crippen molar-refractivity contribution >= 4 is 17.7 Å². The van der Waals surface area contributed by atoms with Gasteiger partial charge in [0.25, 0.3) is 0 Å². The monoisotopic (exact) mass is 224 g/mol. The molecule has 3 nitrogen and oxygen atoms in total. The number of phenolic OH excluding ortho intramolecular Hbond substituents is 1. The van der Waals surface area contributed by atoms with Crippen molar-refractivity contribution in [3.05, 3.63) is 23.8 Å². The largest absolute Gasteiger partial charge is 0.508 e. The SMILES string of the molecule is O=C(O)CCC1Cc2c(O)cccc2S1. The number of fused-ring (bicyclic) bond motifs is 1. The molecule has 1 aliphatic rings. The van der Waals surface area contributed by atoms with Crippen molar-refractivity contribution in [1.29, 1.82) is 0 Å². The smallest absolute Gasteiger partial charge is 0.303 e. The summed E-state index contributed by atoms with van der Waals surface area (Å²) in [4.78, 5) is 11.5. The standard InChI is InChI=1S/C11H12O3S/c12-9-2-1-3-10-8(9)6-7(15-10)4-5-11(13)14/h1-3,7,12H,4-6H2,(H,13,14). The van der Waals surface area contributed by atoms with Crippen LogP contribution in [0, 0.1) is 0 Å². The zero-order valence-electron chi connectivity index (χ0n) is 8.14. The number of carboxylic acids is 1. The van der Waals surface area contributed by atoms with Gasteiger partial charge in [0, 0.05) is 22.1 Å². The number of carboxylic acid groups (broad SMARTS) is 1. The first-order chi connectivity index (χ1) is 7.16. The van der Waals surface area contributed by atoms with Crippen LogP contribution in [-0.4, -0.2) is 21.4 Å². The second-order valence-electron chi connectivity index (χ2n) is 3.63. The van der Waals surface area contributed by atoms with E-state index in [1.54, 1.807) is 17.8 Å². The fraction of sp³-hybridized carbons (Fsp3) is 0.364. The highest BCUT2D eigenvalue weighted by Gasteiger charge is 2.24. The topological polar surface area (TPSA) is 57.5 Å². The van der Waals surface area contributed by atoms with Crippen LogP contribution in [0.4, 0.5) is 0 Å². The molecule has 2 N–H and O–H groups in total. The van der Waals surface area contributed by atoms with Crippen molar-refractivity contribution in [2.45, 2.75) is 29.4 Å². The van der Waals surface area contributed by atoms with Crippen LogP contribution in [0.15, 0.2) is 23.1 Å². The molecular weight excluding hydrogens is 212 g/mol. The first kappa shape index (κ1) is 10.4. The summed E-state index contributed by atoms with van der Waals surface area (Å²) in [7, 11) is 0. The van der Waals surface area contributed by atoms with E-state index in [9.17, 15) is 9.90 Å². The Hall–Kier alpha value is -1.16. The number of carbonyl (C=O) groups is 1. The predicted octanol–water partition coefficient (Wildman–Crippen LogP) is 2.27. The Labute approximate surface area is 92.1 Å². The number of phenols is 1. The van der Waals surface area contributed by atoms with Gasteiger partial charge in [-0.3, -0.25) is 4.79 Å². The maximum atomic E-state index is 10.4. The molecule has 0 fully saturated rings. The summed E-state index contributed by atoms with van der Waals surface area (Å²) in [5.41, 5.74) is 0.970. The second-order valence-corrected chi connectivity index (χ2v) is 4.97. The average Bonchev–Trinajstić information content (AvgIpc) is 2.59. The molecule has 0 bridgehead atoms. The Bertz CT molecular complexity index is 389. The third-order valence-corrected chi connectivity index (χ3v) is 3.89. The Morgan fingerprint density at radius 3 is 3.00 bits per heavy atom. The van der Waals surface area contributed by atoms with Crippen LogP contribution < -0.4 is 0 Å². The van der Waals surface area contributed by atoms with Crippen LogP contribution in [0.2, 0.25) is 0 Å². The van der Waals surface area contributed by atoms with Gasteiger partial charge in [-0.2, -0.15) is 0 Å². The number of benzene rings is 1. The van der Waals surface area contributed by atoms with Crippen molar-refractivity contribution in [1.82, 2.24) is 0 Å². The highest BCUT2D eigenvalue weighted by molar-refractivity contribution is 8.00. The minimum Gasteiger partial charge on any atom is -0.508 e. The van der Waals surface area contributed by atoms with Gasteiger partial charge in [0.15, 0.2) is 0 Å². The Kier molecular flexibility index (Phi) is 2.86. The number of thioether (sulfide) groups is 1. The van der Waals surface area contributed by atoms with Crippen molar-refractivity contribution < 1.29 is 15.0 Å². The van der Waals surface area contributed by atoms with Crippen molar-refractivity contribution in [2.24, 2.45) is 0 Å². The molecule has 0 aromatic heterocycles. The highest BCUT2D eigenvalue weighted by Crippen LogP contribution is 2.42. The molecule has 1 aliphatic heterocycles. The van der Waals surface area contributed by atoms with Gasteiger partial charge in [0.05, 0.1) is 0 Å². The van der Waals surface area contributed by atoms with Crippen molar-refractivity contribution in [3.8, 4) is 5.75 Å². The minimum atomic E-state index is -0.754. The molecule has 1 heterocycles. The summed E-state index contributed by atoms with van der Waals surface area (Å²) in [5, 5.41) is 18.5. The molecule has 0 radical (unpaired) electrons. The van der Waals surface area contributed by atoms with Gasteiger partial charge in [0.2, 0.25) is 0 Å². The molecule has 1 aromatic rings. The van der Waals surface area contributed by atoms with Crippen molar-refractivity contribution in [2.75, 3.05) is 0 Å². The molecule has 1 atom stereocenters. The van der Waals surface area contributed by atoms with Crippen LogP contribution in [0.1, 0.15) is 18.4 Å². The molecule has 0 saturated heterocycles. The number of aliphatic carboxylic acids is 1. The molecule has 0 amide bonds. The van der Waals surface area contributed by atoms with Gasteiger partial charge < -0.3 is 10.2 Å². The minimum absolute atomic E-state index is 0.201. The first-order valence-corrected chi connectivity index (χ1v) is 5.74. The number of aromatic hydroxyl groups is 1. The van der Waals surface area contributed by atoms with Crippen LogP contribution in [-0.2, 0) is 11.2 Å². The lowest BCUT2D eigenvalue weighted by atomic mass is 10.1. The van der Waals surface area contributed by atoms with Gasteiger partial charge in [0.1, 0.15) is 5.75 Å². The summed E-state index contributed by atoms with van der Waals surface area (Å²) < 4.78 is 0. The summed E-state index contributed by atoms with van der Waals surface area (Å²) >= 11 is 1.67. The van der Waals surface area contributed by atoms with Crippen LogP contribution in [0.5, 0.6) is 5.75 Å². The quantitative estimate of drug-likeness (QED) is 0.827. The molecule has 1 unspecified atom stereocenters. The second kappa shape index (κ2) is 4.14. The van der Waals surface area contributed by atoms with Crippen LogP contribution in [0.25, 0.3) is 0 Å². The fourth-order valence-electron chi connectivity index (χ4n) is 1.76. The Balaban J connectivity index is 2.03. The number of hydrogen-bond acceptors (Lipinski definition) is 3. The lowest BCUT2D eigenvalue weighted by molar-refractivity contribution is -0.137. The summed E-state index contributed by atoms with van der Waals surface area (Å²) in [6.07, 6.45) is 1.64. The summed E-state index contributed by atoms with van der Waals surface area (Å²) in [6, 6.07) is 5.47. The maximum Gasteiger partial charge on any atom is 0.303 e. The van der Waals surface area contributed by atoms with Gasteiger partial charge in [-0.05, 0) is 25.0 Å². The van der Waals surface area contributed by atoms with E-state index in [1.807, 2.05) is 12.1 Å². The lowest BCUT2D eigenvalue weighted by Gasteiger charge is -2.04. The summed E-state index contributed by atoms with van der Waals surface area (Å²) in [5.74, 6) is -0.423. The fourth-order valence-corrected chi connectivity index (χ4v) is 3.10. The first-order valence-electron chi connectivity index (χ1n) is 4.86. The van der Waals surface area contributed by atoms with Crippen molar-refractivity contribution in [3.63, 3.8) is 0 Å². The molecule has 0 saturated carbocycles. The van der Waals surface area contributed by atoms with E-state index in [4.69, 9.17) is 5.11 Å². The van der Waals surface area contributed by atoms with E-state index in [0.717, 1.165) is 16.9 Å². The molecule has 0 aliphatic carbocycles. The lowest BCUT2D eigenvalue weighted by Crippen LogP contribution is -2.05. The zero-order chi connectivity index (χ0) is 10.8. The van der Waals surface area contributed by atoms with E-state index in [-0.39, 0.29) is 6.42 Å². The van der Waals surface area contributed by atoms with E-state index in [2.05, 4.69) is 0 Å². The molecule has 80 valence electrons. The summed E-state index contributed by atoms with van der Waals surface area (Å²) in [6.45, 7) is 0. The molecule has 2 rings (SSSR count). The third kappa shape index (κ3) is 2.26. The van der Waals surface area contributed by atoms with Gasteiger partial charge in [-0.1, -0.05) is 6.07 Å². The van der Waals surface area contributed by atoms with E-state index < -0.39 is 5.97 Å². The average molecular weight is 224 g/mol. The molecule has 15 heavy (non-hydrogen) atoms. The predicted molar refractivity (Wildman–Crippen MR) is 58.3 cm³/mol. The van der Waals surface area contributed by atoms with E-state index in [1.165, 1.54) is 0 Å². The maximum absolute atomic E-state index is 10.4. The molecule has 0 spiro atoms. The van der Waals surface area contributed by atoms with Gasteiger partial charge in [-0.25, -0.2) is 0 Å². The highest BCUT2D eigenvalue weighted by atomic mass is 32.2. The van der Waals surface area contributed by atoms with E-state index >= 15 is 0 Å². The number of rotatable bonds is 3. The zero-order valence-corrected chi connectivity index (χ0v) is 8.96. The normalized spacial score (nSPS) is 18.8. The van der Waals surface area contributed by atoms with Gasteiger partial charge in [-0.15, -0.1) is 11.8 Å². The van der Waals surface area contributed by atoms with Crippen LogP contribution in [0.3, 0.4) is 0 Å².